The molecular weight excluding hydrogens is 370 g/mol. The van der Waals surface area contributed by atoms with Crippen LogP contribution in [0.25, 0.3) is 0 Å². The molecule has 0 fully saturated rings. The number of carbonyl (C=O) groups is 1. The second-order valence-corrected chi connectivity index (χ2v) is 7.07. The molecule has 0 bridgehead atoms. The molecule has 0 aliphatic heterocycles. The zero-order chi connectivity index (χ0) is 20.8. The van der Waals surface area contributed by atoms with Crippen LogP contribution >= 0.6 is 0 Å². The van der Waals surface area contributed by atoms with Crippen molar-refractivity contribution in [3.05, 3.63) is 47.0 Å². The molecular formula is C23H29NO5. The average molecular weight is 399 g/mol. The fourth-order valence-corrected chi connectivity index (χ4v) is 3.73. The van der Waals surface area contributed by atoms with Gasteiger partial charge in [0, 0.05) is 12.1 Å². The third kappa shape index (κ3) is 4.58. The van der Waals surface area contributed by atoms with Crippen LogP contribution in [0.3, 0.4) is 0 Å². The minimum atomic E-state index is -0.602. The fraction of sp³-hybridized carbons (Fsp3) is 0.435. The van der Waals surface area contributed by atoms with E-state index in [-0.39, 0.29) is 5.91 Å². The first-order valence-electron chi connectivity index (χ1n) is 9.92. The summed E-state index contributed by atoms with van der Waals surface area (Å²) < 4.78 is 22.2. The standard InChI is InChI=1S/C23H29NO5/c1-15(29-19-11-7-9-16-8-5-6-10-18(16)19)23(25)24-14-17-12-13-20(26-2)22(28-4)21(17)27-3/h7,9,11-13,15H,5-6,8,10,14H2,1-4H3,(H,24,25). The van der Waals surface area contributed by atoms with Gasteiger partial charge in [0.15, 0.2) is 17.6 Å². The van der Waals surface area contributed by atoms with Gasteiger partial charge in [-0.05, 0) is 61.9 Å². The molecule has 156 valence electrons. The molecule has 1 aliphatic rings. The summed E-state index contributed by atoms with van der Waals surface area (Å²) in [6.07, 6.45) is 3.84. The quantitative estimate of drug-likeness (QED) is 0.734. The van der Waals surface area contributed by atoms with Crippen LogP contribution < -0.4 is 24.3 Å². The van der Waals surface area contributed by atoms with E-state index in [1.165, 1.54) is 17.5 Å². The molecule has 0 heterocycles. The van der Waals surface area contributed by atoms with Gasteiger partial charge in [0.25, 0.3) is 5.91 Å². The molecule has 6 heteroatoms. The van der Waals surface area contributed by atoms with Gasteiger partial charge in [-0.2, -0.15) is 0 Å². The Bertz CT molecular complexity index is 865. The minimum absolute atomic E-state index is 0.185. The Hall–Kier alpha value is -2.89. The van der Waals surface area contributed by atoms with Gasteiger partial charge in [0.2, 0.25) is 5.75 Å². The Balaban J connectivity index is 1.67. The van der Waals surface area contributed by atoms with Crippen molar-refractivity contribution in [1.29, 1.82) is 0 Å². The zero-order valence-electron chi connectivity index (χ0n) is 17.5. The third-order valence-corrected chi connectivity index (χ3v) is 5.26. The van der Waals surface area contributed by atoms with Crippen LogP contribution in [0.4, 0.5) is 0 Å². The largest absolute Gasteiger partial charge is 0.493 e. The number of benzene rings is 2. The molecule has 6 nitrogen and oxygen atoms in total. The van der Waals surface area contributed by atoms with Gasteiger partial charge in [-0.15, -0.1) is 0 Å². The Kier molecular flexibility index (Phi) is 6.86. The summed E-state index contributed by atoms with van der Waals surface area (Å²) in [7, 11) is 4.69. The number of ether oxygens (including phenoxy) is 4. The zero-order valence-corrected chi connectivity index (χ0v) is 17.5. The van der Waals surface area contributed by atoms with Crippen molar-refractivity contribution in [2.75, 3.05) is 21.3 Å². The highest BCUT2D eigenvalue weighted by molar-refractivity contribution is 5.80. The lowest BCUT2D eigenvalue weighted by Gasteiger charge is -2.22. The Morgan fingerprint density at radius 3 is 2.45 bits per heavy atom. The van der Waals surface area contributed by atoms with Crippen LogP contribution in [-0.2, 0) is 24.2 Å². The van der Waals surface area contributed by atoms with Crippen LogP contribution in [0, 0.1) is 0 Å². The van der Waals surface area contributed by atoms with Crippen molar-refractivity contribution in [3.63, 3.8) is 0 Å². The molecule has 0 aromatic heterocycles. The van der Waals surface area contributed by atoms with E-state index in [4.69, 9.17) is 18.9 Å². The molecule has 2 aromatic carbocycles. The number of hydrogen-bond donors (Lipinski definition) is 1. The second kappa shape index (κ2) is 9.54. The van der Waals surface area contributed by atoms with E-state index in [1.54, 1.807) is 34.3 Å². The molecule has 0 saturated heterocycles. The van der Waals surface area contributed by atoms with E-state index in [0.29, 0.717) is 23.8 Å². The SMILES string of the molecule is COc1ccc(CNC(=O)C(C)Oc2cccc3c2CCCC3)c(OC)c1OC. The summed E-state index contributed by atoms with van der Waals surface area (Å²) in [5, 5.41) is 2.92. The molecule has 29 heavy (non-hydrogen) atoms. The molecule has 1 N–H and O–H groups in total. The van der Waals surface area contributed by atoms with E-state index in [2.05, 4.69) is 11.4 Å². The summed E-state index contributed by atoms with van der Waals surface area (Å²) in [6, 6.07) is 9.73. The van der Waals surface area contributed by atoms with Gasteiger partial charge >= 0.3 is 0 Å². The van der Waals surface area contributed by atoms with Crippen molar-refractivity contribution in [3.8, 4) is 23.0 Å². The molecule has 0 spiro atoms. The Morgan fingerprint density at radius 2 is 1.72 bits per heavy atom. The molecule has 1 atom stereocenters. The van der Waals surface area contributed by atoms with Crippen LogP contribution in [0.1, 0.15) is 36.5 Å². The van der Waals surface area contributed by atoms with Crippen LogP contribution in [0.15, 0.2) is 30.3 Å². The lowest BCUT2D eigenvalue weighted by molar-refractivity contribution is -0.127. The maximum absolute atomic E-state index is 12.6. The predicted octanol–water partition coefficient (Wildman–Crippen LogP) is 3.67. The monoisotopic (exact) mass is 399 g/mol. The number of hydrogen-bond acceptors (Lipinski definition) is 5. The lowest BCUT2D eigenvalue weighted by atomic mass is 9.91. The summed E-state index contributed by atoms with van der Waals surface area (Å²) in [5.41, 5.74) is 3.36. The number of methoxy groups -OCH3 is 3. The lowest BCUT2D eigenvalue weighted by Crippen LogP contribution is -2.36. The number of fused-ring (bicyclic) bond motifs is 1. The molecule has 0 radical (unpaired) electrons. The van der Waals surface area contributed by atoms with E-state index < -0.39 is 6.10 Å². The van der Waals surface area contributed by atoms with Gasteiger partial charge < -0.3 is 24.3 Å². The number of rotatable bonds is 8. The Morgan fingerprint density at radius 1 is 0.966 bits per heavy atom. The van der Waals surface area contributed by atoms with Crippen molar-refractivity contribution in [2.45, 2.75) is 45.3 Å². The van der Waals surface area contributed by atoms with Crippen LogP contribution in [0.2, 0.25) is 0 Å². The molecule has 0 saturated carbocycles. The average Bonchev–Trinajstić information content (AvgIpc) is 2.76. The first-order valence-corrected chi connectivity index (χ1v) is 9.92. The second-order valence-electron chi connectivity index (χ2n) is 7.07. The minimum Gasteiger partial charge on any atom is -0.493 e. The summed E-state index contributed by atoms with van der Waals surface area (Å²) in [5.74, 6) is 2.24. The number of carbonyl (C=O) groups excluding carboxylic acids is 1. The highest BCUT2D eigenvalue weighted by Gasteiger charge is 2.21. The molecule has 2 aromatic rings. The topological polar surface area (TPSA) is 66.0 Å². The fourth-order valence-electron chi connectivity index (χ4n) is 3.73. The van der Waals surface area contributed by atoms with Gasteiger partial charge in [0.05, 0.1) is 21.3 Å². The summed E-state index contributed by atoms with van der Waals surface area (Å²) in [4.78, 5) is 12.6. The molecule has 1 unspecified atom stereocenters. The van der Waals surface area contributed by atoms with Crippen molar-refractivity contribution in [2.24, 2.45) is 0 Å². The third-order valence-electron chi connectivity index (χ3n) is 5.26. The smallest absolute Gasteiger partial charge is 0.261 e. The summed E-state index contributed by atoms with van der Waals surface area (Å²) >= 11 is 0. The van der Waals surface area contributed by atoms with E-state index >= 15 is 0 Å². The van der Waals surface area contributed by atoms with E-state index in [1.807, 2.05) is 18.2 Å². The summed E-state index contributed by atoms with van der Waals surface area (Å²) in [6.45, 7) is 2.06. The maximum atomic E-state index is 12.6. The maximum Gasteiger partial charge on any atom is 0.261 e. The van der Waals surface area contributed by atoms with Gasteiger partial charge in [0.1, 0.15) is 5.75 Å². The predicted molar refractivity (Wildman–Crippen MR) is 111 cm³/mol. The number of nitrogens with one attached hydrogen (secondary N) is 1. The highest BCUT2D eigenvalue weighted by atomic mass is 16.5. The molecule has 1 amide bonds. The number of amides is 1. The first-order chi connectivity index (χ1) is 14.1. The number of aryl methyl sites for hydroxylation is 1. The molecule has 1 aliphatic carbocycles. The molecule has 3 rings (SSSR count). The van der Waals surface area contributed by atoms with E-state index in [0.717, 1.165) is 30.6 Å². The Labute approximate surface area is 172 Å². The highest BCUT2D eigenvalue weighted by Crippen LogP contribution is 2.39. The van der Waals surface area contributed by atoms with Crippen molar-refractivity contribution >= 4 is 5.91 Å². The first kappa shape index (κ1) is 20.8. The van der Waals surface area contributed by atoms with Gasteiger partial charge in [-0.1, -0.05) is 12.1 Å². The van der Waals surface area contributed by atoms with Crippen molar-refractivity contribution < 1.29 is 23.7 Å². The normalized spacial score (nSPS) is 13.8. The van der Waals surface area contributed by atoms with Crippen LogP contribution in [-0.4, -0.2) is 33.3 Å². The van der Waals surface area contributed by atoms with Crippen LogP contribution in [0.5, 0.6) is 23.0 Å². The van der Waals surface area contributed by atoms with E-state index in [9.17, 15) is 4.79 Å². The van der Waals surface area contributed by atoms with Gasteiger partial charge in [-0.3, -0.25) is 4.79 Å². The van der Waals surface area contributed by atoms with Crippen molar-refractivity contribution in [1.82, 2.24) is 5.32 Å². The van der Waals surface area contributed by atoms with Gasteiger partial charge in [-0.25, -0.2) is 0 Å².